The maximum atomic E-state index is 12.8. The van der Waals surface area contributed by atoms with E-state index in [1.54, 1.807) is 0 Å². The van der Waals surface area contributed by atoms with Crippen LogP contribution >= 0.6 is 0 Å². The van der Waals surface area contributed by atoms with Crippen molar-refractivity contribution in [2.24, 2.45) is 5.73 Å². The van der Waals surface area contributed by atoms with Crippen molar-refractivity contribution < 1.29 is 22.7 Å². The lowest BCUT2D eigenvalue weighted by molar-refractivity contribution is -0.144. The Balaban J connectivity index is 2.33. The van der Waals surface area contributed by atoms with Crippen LogP contribution in [0.5, 0.6) is 0 Å². The van der Waals surface area contributed by atoms with Gasteiger partial charge in [0.05, 0.1) is 6.10 Å². The molecule has 2 N–H and O–H groups in total. The van der Waals surface area contributed by atoms with Gasteiger partial charge in [-0.25, -0.2) is 0 Å². The molecule has 1 unspecified atom stereocenters. The summed E-state index contributed by atoms with van der Waals surface area (Å²) in [6.45, 7) is 0.541. The third-order valence-electron chi connectivity index (χ3n) is 2.93. The van der Waals surface area contributed by atoms with Crippen LogP contribution in [0.2, 0.25) is 0 Å². The van der Waals surface area contributed by atoms with Gasteiger partial charge in [-0.2, -0.15) is 13.2 Å². The SMILES string of the molecule is NC(=O)c1ccc(C(F)(F)F)n1CC1CCCO1. The van der Waals surface area contributed by atoms with Crippen molar-refractivity contribution in [3.8, 4) is 0 Å². The molecule has 1 aliphatic rings. The number of alkyl halides is 3. The number of carbonyl (C=O) groups excluding carboxylic acids is 1. The second-order valence-corrected chi connectivity index (χ2v) is 4.21. The molecular formula is C11H13F3N2O2. The van der Waals surface area contributed by atoms with E-state index in [2.05, 4.69) is 0 Å². The highest BCUT2D eigenvalue weighted by molar-refractivity contribution is 5.91. The molecule has 2 heterocycles. The summed E-state index contributed by atoms with van der Waals surface area (Å²) in [5.74, 6) is -0.872. The maximum absolute atomic E-state index is 12.8. The van der Waals surface area contributed by atoms with Crippen LogP contribution in [0.3, 0.4) is 0 Å². The minimum atomic E-state index is -4.51. The van der Waals surface area contributed by atoms with Gasteiger partial charge >= 0.3 is 6.18 Å². The van der Waals surface area contributed by atoms with Gasteiger partial charge in [0.25, 0.3) is 5.91 Å². The van der Waals surface area contributed by atoms with Gasteiger partial charge in [0.1, 0.15) is 11.4 Å². The highest BCUT2D eigenvalue weighted by Gasteiger charge is 2.36. The van der Waals surface area contributed by atoms with E-state index in [0.717, 1.165) is 23.1 Å². The average Bonchev–Trinajstić information content (AvgIpc) is 2.85. The van der Waals surface area contributed by atoms with Crippen LogP contribution in [0.15, 0.2) is 12.1 Å². The number of primary amides is 1. The Bertz CT molecular complexity index is 448. The Morgan fingerprint density at radius 3 is 2.72 bits per heavy atom. The molecule has 4 nitrogen and oxygen atoms in total. The second kappa shape index (κ2) is 4.64. The lowest BCUT2D eigenvalue weighted by atomic mass is 10.2. The summed E-state index contributed by atoms with van der Waals surface area (Å²) in [7, 11) is 0. The summed E-state index contributed by atoms with van der Waals surface area (Å²) in [6, 6.07) is 1.97. The van der Waals surface area contributed by atoms with Crippen LogP contribution in [0, 0.1) is 0 Å². The minimum Gasteiger partial charge on any atom is -0.376 e. The Morgan fingerprint density at radius 2 is 2.22 bits per heavy atom. The molecule has 18 heavy (non-hydrogen) atoms. The first-order valence-corrected chi connectivity index (χ1v) is 5.57. The molecule has 0 radical (unpaired) electrons. The lowest BCUT2D eigenvalue weighted by Crippen LogP contribution is -2.26. The maximum Gasteiger partial charge on any atom is 0.431 e. The minimum absolute atomic E-state index is 0.000116. The number of hydrogen-bond acceptors (Lipinski definition) is 2. The predicted octanol–water partition coefficient (Wildman–Crippen LogP) is 1.78. The van der Waals surface area contributed by atoms with E-state index in [-0.39, 0.29) is 18.3 Å². The normalized spacial score (nSPS) is 20.3. The first-order chi connectivity index (χ1) is 8.39. The standard InChI is InChI=1S/C11H13F3N2O2/c12-11(13,14)9-4-3-8(10(15)17)16(9)6-7-2-1-5-18-7/h3-4,7H,1-2,5-6H2,(H2,15,17). The van der Waals surface area contributed by atoms with E-state index in [0.29, 0.717) is 13.0 Å². The number of rotatable bonds is 3. The van der Waals surface area contributed by atoms with Crippen LogP contribution in [-0.2, 0) is 17.5 Å². The van der Waals surface area contributed by atoms with Crippen molar-refractivity contribution in [2.45, 2.75) is 31.7 Å². The predicted molar refractivity (Wildman–Crippen MR) is 56.9 cm³/mol. The average molecular weight is 262 g/mol. The molecule has 0 aliphatic carbocycles. The summed E-state index contributed by atoms with van der Waals surface area (Å²) in [6.07, 6.45) is -3.30. The fourth-order valence-electron chi connectivity index (χ4n) is 2.12. The second-order valence-electron chi connectivity index (χ2n) is 4.21. The first kappa shape index (κ1) is 12.9. The number of amides is 1. The van der Waals surface area contributed by atoms with Crippen LogP contribution in [0.1, 0.15) is 29.0 Å². The van der Waals surface area contributed by atoms with Gasteiger partial charge in [-0.3, -0.25) is 4.79 Å². The molecule has 1 atom stereocenters. The first-order valence-electron chi connectivity index (χ1n) is 5.57. The van der Waals surface area contributed by atoms with Crippen molar-refractivity contribution in [2.75, 3.05) is 6.61 Å². The van der Waals surface area contributed by atoms with Gasteiger partial charge in [-0.05, 0) is 25.0 Å². The third-order valence-corrected chi connectivity index (χ3v) is 2.93. The number of nitrogens with zero attached hydrogens (tertiary/aromatic N) is 1. The van der Waals surface area contributed by atoms with Crippen LogP contribution in [0.4, 0.5) is 13.2 Å². The van der Waals surface area contributed by atoms with E-state index in [9.17, 15) is 18.0 Å². The van der Waals surface area contributed by atoms with Gasteiger partial charge in [0.2, 0.25) is 0 Å². The molecule has 2 rings (SSSR count). The molecular weight excluding hydrogens is 249 g/mol. The number of aromatic nitrogens is 1. The van der Waals surface area contributed by atoms with Gasteiger partial charge in [0, 0.05) is 13.2 Å². The molecule has 0 spiro atoms. The highest BCUT2D eigenvalue weighted by Crippen LogP contribution is 2.31. The van der Waals surface area contributed by atoms with Crippen molar-refractivity contribution in [1.82, 2.24) is 4.57 Å². The molecule has 1 fully saturated rings. The van der Waals surface area contributed by atoms with E-state index < -0.39 is 17.8 Å². The van der Waals surface area contributed by atoms with E-state index in [1.807, 2.05) is 0 Å². The molecule has 1 aromatic heterocycles. The molecule has 0 aromatic carbocycles. The quantitative estimate of drug-likeness (QED) is 0.902. The van der Waals surface area contributed by atoms with Crippen molar-refractivity contribution in [3.63, 3.8) is 0 Å². The topological polar surface area (TPSA) is 57.2 Å². The number of ether oxygens (including phenoxy) is 1. The van der Waals surface area contributed by atoms with Gasteiger partial charge < -0.3 is 15.0 Å². The number of hydrogen-bond donors (Lipinski definition) is 1. The summed E-state index contributed by atoms with van der Waals surface area (Å²) in [4.78, 5) is 11.1. The van der Waals surface area contributed by atoms with Crippen LogP contribution in [-0.4, -0.2) is 23.2 Å². The molecule has 0 bridgehead atoms. The van der Waals surface area contributed by atoms with E-state index >= 15 is 0 Å². The van der Waals surface area contributed by atoms with Gasteiger partial charge in [0.15, 0.2) is 0 Å². The summed E-state index contributed by atoms with van der Waals surface area (Å²) < 4.78 is 44.5. The fourth-order valence-corrected chi connectivity index (χ4v) is 2.12. The number of halogens is 3. The van der Waals surface area contributed by atoms with Gasteiger partial charge in [-0.1, -0.05) is 0 Å². The molecule has 1 aliphatic heterocycles. The molecule has 1 saturated heterocycles. The third kappa shape index (κ3) is 2.50. The van der Waals surface area contributed by atoms with Crippen LogP contribution < -0.4 is 5.73 Å². The lowest BCUT2D eigenvalue weighted by Gasteiger charge is -2.17. The molecule has 100 valence electrons. The fraction of sp³-hybridized carbons (Fsp3) is 0.545. The van der Waals surface area contributed by atoms with Crippen molar-refractivity contribution in [1.29, 1.82) is 0 Å². The Hall–Kier alpha value is -1.50. The monoisotopic (exact) mass is 262 g/mol. The highest BCUT2D eigenvalue weighted by atomic mass is 19.4. The van der Waals surface area contributed by atoms with Crippen molar-refractivity contribution >= 4 is 5.91 Å². The zero-order valence-electron chi connectivity index (χ0n) is 9.54. The summed E-state index contributed by atoms with van der Waals surface area (Å²) >= 11 is 0. The largest absolute Gasteiger partial charge is 0.431 e. The van der Waals surface area contributed by atoms with E-state index in [4.69, 9.17) is 10.5 Å². The Labute approximate surface area is 102 Å². The summed E-state index contributed by atoms with van der Waals surface area (Å²) in [5.41, 5.74) is 4.07. The Morgan fingerprint density at radius 1 is 1.50 bits per heavy atom. The zero-order valence-corrected chi connectivity index (χ0v) is 9.54. The summed E-state index contributed by atoms with van der Waals surface area (Å²) in [5, 5.41) is 0. The molecule has 1 aromatic rings. The zero-order chi connectivity index (χ0) is 13.3. The Kier molecular flexibility index (Phi) is 3.34. The molecule has 0 saturated carbocycles. The number of carbonyl (C=O) groups is 1. The number of nitrogens with two attached hydrogens (primary N) is 1. The molecule has 7 heteroatoms. The van der Waals surface area contributed by atoms with Gasteiger partial charge in [-0.15, -0.1) is 0 Å². The van der Waals surface area contributed by atoms with Crippen LogP contribution in [0.25, 0.3) is 0 Å². The van der Waals surface area contributed by atoms with E-state index in [1.165, 1.54) is 0 Å². The smallest absolute Gasteiger partial charge is 0.376 e. The molecule has 1 amide bonds. The van der Waals surface area contributed by atoms with Crippen molar-refractivity contribution in [3.05, 3.63) is 23.5 Å².